The summed E-state index contributed by atoms with van der Waals surface area (Å²) in [5.41, 5.74) is 0.0968. The molecule has 6 heteroatoms. The molecule has 0 aliphatic heterocycles. The molecule has 1 aromatic heterocycles. The smallest absolute Gasteiger partial charge is 0.352 e. The number of ether oxygens (including phenoxy) is 1. The summed E-state index contributed by atoms with van der Waals surface area (Å²) in [6.45, 7) is 2.22. The van der Waals surface area contributed by atoms with E-state index in [1.54, 1.807) is 19.4 Å². The summed E-state index contributed by atoms with van der Waals surface area (Å²) < 4.78 is 6.27. The topological polar surface area (TPSA) is 80.6 Å². The summed E-state index contributed by atoms with van der Waals surface area (Å²) >= 11 is 0. The highest BCUT2D eigenvalue weighted by Gasteiger charge is 2.12. The number of nitrogens with one attached hydrogen (secondary N) is 1. The van der Waals surface area contributed by atoms with Crippen LogP contribution in [0, 0.1) is 0 Å². The normalized spacial score (nSPS) is 12.1. The summed E-state index contributed by atoms with van der Waals surface area (Å²) in [6, 6.07) is 2.94. The lowest BCUT2D eigenvalue weighted by Crippen LogP contribution is -2.37. The molecule has 0 aliphatic rings. The summed E-state index contributed by atoms with van der Waals surface area (Å²) in [5.74, 6) is -1.29. The lowest BCUT2D eigenvalue weighted by Gasteiger charge is -2.13. The monoisotopic (exact) mass is 240 g/mol. The van der Waals surface area contributed by atoms with Gasteiger partial charge in [-0.25, -0.2) is 4.79 Å². The Kier molecular flexibility index (Phi) is 4.71. The van der Waals surface area contributed by atoms with Crippen LogP contribution in [0.5, 0.6) is 0 Å². The Morgan fingerprint density at radius 2 is 2.29 bits per heavy atom. The lowest BCUT2D eigenvalue weighted by molar-refractivity contribution is -0.122. The first-order valence-electron chi connectivity index (χ1n) is 5.21. The van der Waals surface area contributed by atoms with Gasteiger partial charge in [-0.15, -0.1) is 0 Å². The van der Waals surface area contributed by atoms with E-state index in [-0.39, 0.29) is 24.2 Å². The van der Waals surface area contributed by atoms with Crippen molar-refractivity contribution in [1.82, 2.24) is 9.88 Å². The van der Waals surface area contributed by atoms with Gasteiger partial charge in [0.05, 0.1) is 6.61 Å². The number of rotatable bonds is 6. The van der Waals surface area contributed by atoms with Crippen molar-refractivity contribution < 1.29 is 19.4 Å². The quantitative estimate of drug-likeness (QED) is 0.751. The fraction of sp³-hybridized carbons (Fsp3) is 0.455. The van der Waals surface area contributed by atoms with Crippen molar-refractivity contribution in [2.24, 2.45) is 0 Å². The molecule has 0 aliphatic carbocycles. The Labute approximate surface area is 99.2 Å². The van der Waals surface area contributed by atoms with Gasteiger partial charge in [0.15, 0.2) is 0 Å². The predicted molar refractivity (Wildman–Crippen MR) is 60.9 cm³/mol. The van der Waals surface area contributed by atoms with E-state index < -0.39 is 5.97 Å². The van der Waals surface area contributed by atoms with Crippen LogP contribution in [0.3, 0.4) is 0 Å². The van der Waals surface area contributed by atoms with E-state index in [9.17, 15) is 9.59 Å². The number of carbonyl (C=O) groups excluding carboxylic acids is 1. The highest BCUT2D eigenvalue weighted by atomic mass is 16.5. The van der Waals surface area contributed by atoms with Crippen LogP contribution < -0.4 is 5.32 Å². The van der Waals surface area contributed by atoms with Gasteiger partial charge in [0.25, 0.3) is 0 Å². The van der Waals surface area contributed by atoms with Crippen LogP contribution in [0.2, 0.25) is 0 Å². The van der Waals surface area contributed by atoms with E-state index in [0.29, 0.717) is 6.61 Å². The van der Waals surface area contributed by atoms with Crippen LogP contribution in [-0.2, 0) is 16.1 Å². The number of hydrogen-bond acceptors (Lipinski definition) is 3. The number of carboxylic acid groups (broad SMARTS) is 1. The first-order chi connectivity index (χ1) is 8.04. The fourth-order valence-corrected chi connectivity index (χ4v) is 1.51. The van der Waals surface area contributed by atoms with E-state index in [1.165, 1.54) is 10.6 Å². The molecule has 0 fully saturated rings. The van der Waals surface area contributed by atoms with E-state index >= 15 is 0 Å². The van der Waals surface area contributed by atoms with Gasteiger partial charge in [0.1, 0.15) is 12.2 Å². The highest BCUT2D eigenvalue weighted by molar-refractivity contribution is 5.86. The van der Waals surface area contributed by atoms with Gasteiger partial charge in [-0.1, -0.05) is 0 Å². The molecule has 94 valence electrons. The third kappa shape index (κ3) is 3.92. The van der Waals surface area contributed by atoms with E-state index in [4.69, 9.17) is 9.84 Å². The van der Waals surface area contributed by atoms with Gasteiger partial charge in [0.2, 0.25) is 5.91 Å². The molecule has 0 saturated carbocycles. The van der Waals surface area contributed by atoms with Gasteiger partial charge in [-0.2, -0.15) is 0 Å². The standard InChI is InChI=1S/C11H16N2O4/c1-8(7-17-2)12-10(14)6-13-5-3-4-9(13)11(15)16/h3-5,8H,6-7H2,1-2H3,(H,12,14)(H,15,16). The van der Waals surface area contributed by atoms with Crippen molar-refractivity contribution in [2.45, 2.75) is 19.5 Å². The molecular weight excluding hydrogens is 224 g/mol. The van der Waals surface area contributed by atoms with Gasteiger partial charge >= 0.3 is 5.97 Å². The Balaban J connectivity index is 2.56. The Bertz CT molecular complexity index is 400. The summed E-state index contributed by atoms with van der Waals surface area (Å²) in [7, 11) is 1.55. The zero-order valence-corrected chi connectivity index (χ0v) is 9.84. The largest absolute Gasteiger partial charge is 0.477 e. The molecule has 0 bridgehead atoms. The maximum absolute atomic E-state index is 11.6. The molecule has 1 amide bonds. The van der Waals surface area contributed by atoms with E-state index in [1.807, 2.05) is 6.92 Å². The van der Waals surface area contributed by atoms with Gasteiger partial charge in [0, 0.05) is 19.3 Å². The Morgan fingerprint density at radius 1 is 1.59 bits per heavy atom. The van der Waals surface area contributed by atoms with Crippen LogP contribution >= 0.6 is 0 Å². The molecular formula is C11H16N2O4. The zero-order chi connectivity index (χ0) is 12.8. The number of aromatic carboxylic acids is 1. The predicted octanol–water partition coefficient (Wildman–Crippen LogP) is 0.337. The minimum Gasteiger partial charge on any atom is -0.477 e. The minimum absolute atomic E-state index is 0.0112. The molecule has 6 nitrogen and oxygen atoms in total. The lowest BCUT2D eigenvalue weighted by atomic mass is 10.3. The maximum atomic E-state index is 11.6. The first-order valence-corrected chi connectivity index (χ1v) is 5.21. The van der Waals surface area contributed by atoms with E-state index in [2.05, 4.69) is 5.32 Å². The van der Waals surface area contributed by atoms with Crippen molar-refractivity contribution in [2.75, 3.05) is 13.7 Å². The number of hydrogen-bond donors (Lipinski definition) is 2. The van der Waals surface area contributed by atoms with Crippen LogP contribution in [0.4, 0.5) is 0 Å². The SMILES string of the molecule is COCC(C)NC(=O)Cn1cccc1C(=O)O. The first kappa shape index (κ1) is 13.2. The molecule has 1 rings (SSSR count). The van der Waals surface area contributed by atoms with Crippen LogP contribution in [0.15, 0.2) is 18.3 Å². The van der Waals surface area contributed by atoms with Crippen molar-refractivity contribution in [1.29, 1.82) is 0 Å². The van der Waals surface area contributed by atoms with Crippen molar-refractivity contribution >= 4 is 11.9 Å². The zero-order valence-electron chi connectivity index (χ0n) is 9.84. The number of carbonyl (C=O) groups is 2. The second kappa shape index (κ2) is 6.05. The average molecular weight is 240 g/mol. The molecule has 1 atom stereocenters. The number of aromatic nitrogens is 1. The maximum Gasteiger partial charge on any atom is 0.352 e. The average Bonchev–Trinajstić information content (AvgIpc) is 2.65. The minimum atomic E-state index is -1.05. The molecule has 1 unspecified atom stereocenters. The number of carboxylic acids is 1. The van der Waals surface area contributed by atoms with Gasteiger partial charge in [-0.05, 0) is 19.1 Å². The molecule has 0 saturated heterocycles. The number of methoxy groups -OCH3 is 1. The number of amides is 1. The molecule has 1 aromatic rings. The molecule has 0 radical (unpaired) electrons. The van der Waals surface area contributed by atoms with Crippen LogP contribution in [0.1, 0.15) is 17.4 Å². The Morgan fingerprint density at radius 3 is 2.88 bits per heavy atom. The highest BCUT2D eigenvalue weighted by Crippen LogP contribution is 2.02. The van der Waals surface area contributed by atoms with Gasteiger partial charge in [-0.3, -0.25) is 4.79 Å². The van der Waals surface area contributed by atoms with Crippen molar-refractivity contribution in [3.8, 4) is 0 Å². The molecule has 1 heterocycles. The van der Waals surface area contributed by atoms with Gasteiger partial charge < -0.3 is 19.7 Å². The molecule has 17 heavy (non-hydrogen) atoms. The second-order valence-corrected chi connectivity index (χ2v) is 3.75. The van der Waals surface area contributed by atoms with Crippen molar-refractivity contribution in [3.05, 3.63) is 24.0 Å². The second-order valence-electron chi connectivity index (χ2n) is 3.75. The summed E-state index contributed by atoms with van der Waals surface area (Å²) in [5, 5.41) is 11.6. The van der Waals surface area contributed by atoms with Crippen LogP contribution in [-0.4, -0.2) is 41.3 Å². The van der Waals surface area contributed by atoms with Crippen LogP contribution in [0.25, 0.3) is 0 Å². The molecule has 2 N–H and O–H groups in total. The summed E-state index contributed by atoms with van der Waals surface area (Å²) in [4.78, 5) is 22.4. The third-order valence-electron chi connectivity index (χ3n) is 2.19. The van der Waals surface area contributed by atoms with E-state index in [0.717, 1.165) is 0 Å². The van der Waals surface area contributed by atoms with Crippen molar-refractivity contribution in [3.63, 3.8) is 0 Å². The Hall–Kier alpha value is -1.82. The third-order valence-corrected chi connectivity index (χ3v) is 2.19. The fourth-order valence-electron chi connectivity index (χ4n) is 1.51. The molecule has 0 spiro atoms. The molecule has 0 aromatic carbocycles. The summed E-state index contributed by atoms with van der Waals surface area (Å²) in [6.07, 6.45) is 1.56. The number of nitrogens with zero attached hydrogens (tertiary/aromatic N) is 1.